The molecule has 1 aliphatic carbocycles. The molecule has 1 heterocycles. The maximum Gasteiger partial charge on any atom is 0.494 e. The molecule has 2 aliphatic rings. The molecule has 2 N–H and O–H groups in total. The van der Waals surface area contributed by atoms with Crippen LogP contribution in [-0.4, -0.2) is 35.1 Å². The van der Waals surface area contributed by atoms with Crippen molar-refractivity contribution in [1.82, 2.24) is 0 Å². The maximum atomic E-state index is 13.8. The van der Waals surface area contributed by atoms with E-state index in [0.717, 1.165) is 6.07 Å². The van der Waals surface area contributed by atoms with Crippen molar-refractivity contribution in [2.75, 3.05) is 5.32 Å². The zero-order valence-corrected chi connectivity index (χ0v) is 16.6. The van der Waals surface area contributed by atoms with Crippen molar-refractivity contribution in [2.24, 2.45) is 0 Å². The summed E-state index contributed by atoms with van der Waals surface area (Å²) in [7, 11) is -1.00. The van der Waals surface area contributed by atoms with E-state index < -0.39 is 35.7 Å². The van der Waals surface area contributed by atoms with E-state index in [1.54, 1.807) is 34.6 Å². The van der Waals surface area contributed by atoms with E-state index in [9.17, 15) is 23.5 Å². The van der Waals surface area contributed by atoms with Crippen molar-refractivity contribution in [3.05, 3.63) is 23.3 Å². The van der Waals surface area contributed by atoms with E-state index in [2.05, 4.69) is 5.32 Å². The summed E-state index contributed by atoms with van der Waals surface area (Å²) < 4.78 is 53.0. The number of benzene rings is 1. The smallest absolute Gasteiger partial charge is 0.399 e. The fraction of sp³-hybridized carbons (Fsp3) is 0.632. The first kappa shape index (κ1) is 21.0. The Morgan fingerprint density at radius 3 is 2.11 bits per heavy atom. The molecule has 0 unspecified atom stereocenters. The molecule has 0 spiro atoms. The van der Waals surface area contributed by atoms with Crippen LogP contribution in [0.1, 0.15) is 58.6 Å². The monoisotopic (exact) mass is 396 g/mol. The highest BCUT2D eigenvalue weighted by Gasteiger charge is 2.52. The third-order valence-corrected chi connectivity index (χ3v) is 5.83. The average molecular weight is 396 g/mol. The van der Waals surface area contributed by atoms with Crippen LogP contribution in [0.25, 0.3) is 0 Å². The highest BCUT2D eigenvalue weighted by Crippen LogP contribution is 2.41. The van der Waals surface area contributed by atoms with Crippen molar-refractivity contribution < 1.29 is 27.6 Å². The second-order valence-electron chi connectivity index (χ2n) is 8.94. The van der Waals surface area contributed by atoms with Crippen molar-refractivity contribution in [1.29, 1.82) is 5.26 Å². The molecule has 3 rings (SSSR count). The first-order valence-corrected chi connectivity index (χ1v) is 9.15. The molecule has 28 heavy (non-hydrogen) atoms. The van der Waals surface area contributed by atoms with Crippen LogP contribution in [0.2, 0.25) is 0 Å². The van der Waals surface area contributed by atoms with Crippen LogP contribution < -0.4 is 10.8 Å². The molecule has 1 aromatic rings. The lowest BCUT2D eigenvalue weighted by Crippen LogP contribution is -2.48. The van der Waals surface area contributed by atoms with Gasteiger partial charge in [0.15, 0.2) is 0 Å². The molecule has 2 fully saturated rings. The summed E-state index contributed by atoms with van der Waals surface area (Å²) in [5, 5.41) is 22.1. The Bertz CT molecular complexity index is 807. The van der Waals surface area contributed by atoms with Gasteiger partial charge in [0.25, 0.3) is 0 Å². The lowest BCUT2D eigenvalue weighted by molar-refractivity contribution is -0.137. The standard InChI is InChI=1S/C19H24BF3N2O3/c1-16(2)17(3,4)28-20(27-16)12-6-11(10-24)15(14(7-12)19(21,22)23)25-13-8-18(5,26)9-13/h6-7,13,25-26H,8-9H2,1-5H3/t13-,18+. The van der Waals surface area contributed by atoms with Gasteiger partial charge in [0.05, 0.1) is 33.6 Å². The number of hydrogen-bond acceptors (Lipinski definition) is 5. The van der Waals surface area contributed by atoms with Crippen LogP contribution in [0.3, 0.4) is 0 Å². The number of nitrogens with one attached hydrogen (secondary N) is 1. The highest BCUT2D eigenvalue weighted by molar-refractivity contribution is 6.62. The highest BCUT2D eigenvalue weighted by atomic mass is 19.4. The first-order valence-electron chi connectivity index (χ1n) is 9.15. The molecular formula is C19H24BF3N2O3. The molecule has 0 amide bonds. The molecule has 0 bridgehead atoms. The van der Waals surface area contributed by atoms with Gasteiger partial charge in [-0.2, -0.15) is 18.4 Å². The van der Waals surface area contributed by atoms with Crippen LogP contribution in [0.15, 0.2) is 12.1 Å². The molecule has 1 aromatic carbocycles. The van der Waals surface area contributed by atoms with Gasteiger partial charge in [-0.05, 0) is 65.1 Å². The van der Waals surface area contributed by atoms with Gasteiger partial charge in [-0.1, -0.05) is 0 Å². The van der Waals surface area contributed by atoms with E-state index in [0.29, 0.717) is 12.8 Å². The summed E-state index contributed by atoms with van der Waals surface area (Å²) in [5.41, 5.74) is -3.52. The molecule has 152 valence electrons. The van der Waals surface area contributed by atoms with Crippen LogP contribution >= 0.6 is 0 Å². The minimum Gasteiger partial charge on any atom is -0.399 e. The Labute approximate surface area is 163 Å². The number of aliphatic hydroxyl groups is 1. The van der Waals surface area contributed by atoms with Gasteiger partial charge in [-0.25, -0.2) is 0 Å². The Kier molecular flexibility index (Phi) is 4.77. The van der Waals surface area contributed by atoms with Crippen molar-refractivity contribution in [2.45, 2.75) is 76.5 Å². The molecule has 5 nitrogen and oxygen atoms in total. The van der Waals surface area contributed by atoms with Gasteiger partial charge in [0.2, 0.25) is 0 Å². The quantitative estimate of drug-likeness (QED) is 0.768. The SMILES string of the molecule is CC1(C)OB(c2cc(C#N)c(N[C@H]3C[C@@](C)(O)C3)c(C(F)(F)F)c2)OC1(C)C. The zero-order valence-electron chi connectivity index (χ0n) is 16.6. The zero-order chi connectivity index (χ0) is 21.1. The third-order valence-electron chi connectivity index (χ3n) is 5.83. The topological polar surface area (TPSA) is 74.5 Å². The fourth-order valence-electron chi connectivity index (χ4n) is 3.55. The summed E-state index contributed by atoms with van der Waals surface area (Å²) in [4.78, 5) is 0. The molecule has 0 radical (unpaired) electrons. The number of nitrogens with zero attached hydrogens (tertiary/aromatic N) is 1. The van der Waals surface area contributed by atoms with Gasteiger partial charge in [-0.3, -0.25) is 0 Å². The second kappa shape index (κ2) is 6.38. The second-order valence-corrected chi connectivity index (χ2v) is 8.94. The number of alkyl halides is 3. The molecule has 1 saturated carbocycles. The number of anilines is 1. The predicted octanol–water partition coefficient (Wildman–Crippen LogP) is 3.20. The lowest BCUT2D eigenvalue weighted by Gasteiger charge is -2.42. The van der Waals surface area contributed by atoms with Gasteiger partial charge in [-0.15, -0.1) is 0 Å². The van der Waals surface area contributed by atoms with Crippen LogP contribution in [-0.2, 0) is 15.5 Å². The minimum absolute atomic E-state index is 0.133. The molecule has 9 heteroatoms. The fourth-order valence-corrected chi connectivity index (χ4v) is 3.55. The average Bonchev–Trinajstić information content (AvgIpc) is 2.72. The Hall–Kier alpha value is -1.76. The number of hydrogen-bond donors (Lipinski definition) is 2. The van der Waals surface area contributed by atoms with E-state index in [1.807, 2.05) is 6.07 Å². The first-order chi connectivity index (χ1) is 12.7. The Morgan fingerprint density at radius 2 is 1.68 bits per heavy atom. The van der Waals surface area contributed by atoms with E-state index >= 15 is 0 Å². The number of rotatable bonds is 3. The van der Waals surface area contributed by atoms with E-state index in [1.165, 1.54) is 6.07 Å². The van der Waals surface area contributed by atoms with E-state index in [4.69, 9.17) is 9.31 Å². The third kappa shape index (κ3) is 3.73. The number of halogens is 3. The summed E-state index contributed by atoms with van der Waals surface area (Å²) in [6, 6.07) is 3.87. The van der Waals surface area contributed by atoms with Crippen LogP contribution in [0, 0.1) is 11.3 Å². The normalized spacial score (nSPS) is 28.6. The molecule has 0 aromatic heterocycles. The van der Waals surface area contributed by atoms with Crippen LogP contribution in [0.4, 0.5) is 18.9 Å². The largest absolute Gasteiger partial charge is 0.494 e. The lowest BCUT2D eigenvalue weighted by atomic mass is 9.75. The molecule has 1 saturated heterocycles. The van der Waals surface area contributed by atoms with Gasteiger partial charge < -0.3 is 19.7 Å². The van der Waals surface area contributed by atoms with Gasteiger partial charge in [0, 0.05) is 6.04 Å². The van der Waals surface area contributed by atoms with E-state index in [-0.39, 0.29) is 22.8 Å². The van der Waals surface area contributed by atoms with Crippen molar-refractivity contribution in [3.8, 4) is 6.07 Å². The minimum atomic E-state index is -4.67. The Balaban J connectivity index is 2.00. The van der Waals surface area contributed by atoms with Crippen molar-refractivity contribution in [3.63, 3.8) is 0 Å². The van der Waals surface area contributed by atoms with Crippen LogP contribution in [0.5, 0.6) is 0 Å². The summed E-state index contributed by atoms with van der Waals surface area (Å²) in [6.07, 6.45) is -4.04. The van der Waals surface area contributed by atoms with Crippen molar-refractivity contribution >= 4 is 18.3 Å². The summed E-state index contributed by atoms with van der Waals surface area (Å²) in [5.74, 6) is 0. The summed E-state index contributed by atoms with van der Waals surface area (Å²) in [6.45, 7) is 8.85. The van der Waals surface area contributed by atoms with Gasteiger partial charge >= 0.3 is 13.3 Å². The predicted molar refractivity (Wildman–Crippen MR) is 99.1 cm³/mol. The van der Waals surface area contributed by atoms with Gasteiger partial charge in [0.1, 0.15) is 6.07 Å². The summed E-state index contributed by atoms with van der Waals surface area (Å²) >= 11 is 0. The number of nitriles is 1. The molecular weight excluding hydrogens is 372 g/mol. The Morgan fingerprint density at radius 1 is 1.14 bits per heavy atom. The molecule has 1 aliphatic heterocycles. The maximum absolute atomic E-state index is 13.8. The molecule has 0 atom stereocenters.